The first kappa shape index (κ1) is 16.1. The van der Waals surface area contributed by atoms with E-state index in [1.807, 2.05) is 17.5 Å². The Morgan fingerprint density at radius 3 is 3.04 bits per heavy atom. The van der Waals surface area contributed by atoms with E-state index in [2.05, 4.69) is 14.9 Å². The number of hydrogen-bond acceptors (Lipinski definition) is 9. The maximum atomic E-state index is 11.3. The van der Waals surface area contributed by atoms with Gasteiger partial charge < -0.3 is 15.8 Å². The van der Waals surface area contributed by atoms with E-state index in [1.165, 1.54) is 49.1 Å². The van der Waals surface area contributed by atoms with Crippen LogP contribution in [0.15, 0.2) is 33.1 Å². The molecule has 10 heteroatoms. The van der Waals surface area contributed by atoms with Crippen LogP contribution in [-0.4, -0.2) is 18.1 Å². The highest BCUT2D eigenvalue weighted by atomic mass is 32.2. The van der Waals surface area contributed by atoms with Crippen molar-refractivity contribution in [3.63, 3.8) is 0 Å². The lowest BCUT2D eigenvalue weighted by Gasteiger charge is -2.21. The van der Waals surface area contributed by atoms with Crippen LogP contribution < -0.4 is 15.8 Å². The molecule has 23 heavy (non-hydrogen) atoms. The summed E-state index contributed by atoms with van der Waals surface area (Å²) < 4.78 is 13.3. The Kier molecular flexibility index (Phi) is 4.46. The van der Waals surface area contributed by atoms with Gasteiger partial charge in [-0.15, -0.1) is 15.9 Å². The number of nitrogen functional groups attached to an aromatic ring is 1. The molecule has 3 rings (SSSR count). The number of carbonyl (C=O) groups is 1. The first-order valence-electron chi connectivity index (χ1n) is 6.46. The van der Waals surface area contributed by atoms with Crippen molar-refractivity contribution in [1.82, 2.24) is 4.98 Å². The summed E-state index contributed by atoms with van der Waals surface area (Å²) in [4.78, 5) is 16.6. The predicted octanol–water partition coefficient (Wildman–Crippen LogP) is 3.56. The fourth-order valence-corrected chi connectivity index (χ4v) is 4.91. The van der Waals surface area contributed by atoms with Crippen molar-refractivity contribution in [3.8, 4) is 5.75 Å². The summed E-state index contributed by atoms with van der Waals surface area (Å²) in [6.45, 7) is 1.37. The molecule has 1 aliphatic heterocycles. The van der Waals surface area contributed by atoms with Gasteiger partial charge in [-0.3, -0.25) is 4.79 Å². The second-order valence-corrected chi connectivity index (χ2v) is 7.83. The van der Waals surface area contributed by atoms with E-state index < -0.39 is 4.20 Å². The van der Waals surface area contributed by atoms with Gasteiger partial charge in [-0.2, -0.15) is 0 Å². The average Bonchev–Trinajstić information content (AvgIpc) is 3.10. The average molecular weight is 369 g/mol. The lowest BCUT2D eigenvalue weighted by atomic mass is 10.3. The number of nitrogens with two attached hydrogens (primary N) is 1. The molecular weight excluding hydrogens is 356 g/mol. The van der Waals surface area contributed by atoms with Crippen molar-refractivity contribution in [2.24, 2.45) is 4.58 Å². The molecule has 120 valence electrons. The lowest BCUT2D eigenvalue weighted by Crippen LogP contribution is -2.24. The molecule has 0 saturated heterocycles. The molecule has 0 saturated carbocycles. The summed E-state index contributed by atoms with van der Waals surface area (Å²) in [5, 5.41) is 5.68. The van der Waals surface area contributed by atoms with Gasteiger partial charge in [0.05, 0.1) is 5.69 Å². The van der Waals surface area contributed by atoms with Gasteiger partial charge in [-0.1, -0.05) is 17.8 Å². The number of carbonyl (C=O) groups excluding carboxylic acids is 1. The quantitative estimate of drug-likeness (QED) is 0.368. The zero-order valence-electron chi connectivity index (χ0n) is 12.2. The Hall–Kier alpha value is -1.78. The van der Waals surface area contributed by atoms with Gasteiger partial charge in [0.2, 0.25) is 4.20 Å². The number of nitroso groups, excluding NO2 is 1. The number of ether oxygens (including phenoxy) is 1. The van der Waals surface area contributed by atoms with Crippen molar-refractivity contribution < 1.29 is 9.53 Å². The Balaban J connectivity index is 2.02. The molecule has 1 aliphatic rings. The number of fused-ring (bicyclic) bond motifs is 1. The second-order valence-electron chi connectivity index (χ2n) is 4.49. The summed E-state index contributed by atoms with van der Waals surface area (Å²) >= 11 is 4.04. The largest absolute Gasteiger partial charge is 0.424 e. The van der Waals surface area contributed by atoms with Crippen LogP contribution in [0.25, 0.3) is 0 Å². The van der Waals surface area contributed by atoms with Crippen LogP contribution in [0.3, 0.4) is 0 Å². The summed E-state index contributed by atoms with van der Waals surface area (Å²) in [7, 11) is 1.48. The molecule has 0 bridgehead atoms. The minimum absolute atomic E-state index is 0.380. The number of esters is 1. The van der Waals surface area contributed by atoms with Crippen molar-refractivity contribution >= 4 is 51.8 Å². The topological polar surface area (TPSA) is 101 Å². The fraction of sp³-hybridized carbons (Fsp3) is 0.231. The summed E-state index contributed by atoms with van der Waals surface area (Å²) in [6, 6.07) is 5.50. The third kappa shape index (κ3) is 3.14. The molecule has 1 aromatic heterocycles. The van der Waals surface area contributed by atoms with E-state index in [-0.39, 0.29) is 5.97 Å². The van der Waals surface area contributed by atoms with Gasteiger partial charge in [0.15, 0.2) is 15.5 Å². The maximum Gasteiger partial charge on any atom is 0.308 e. The predicted molar refractivity (Wildman–Crippen MR) is 94.7 cm³/mol. The molecule has 3 N–H and O–H groups in total. The number of nitrogens with zero attached hydrogens (tertiary/aromatic N) is 2. The minimum Gasteiger partial charge on any atom is -0.424 e. The molecule has 0 spiro atoms. The Morgan fingerprint density at radius 2 is 2.39 bits per heavy atom. The molecule has 1 aromatic carbocycles. The van der Waals surface area contributed by atoms with Crippen LogP contribution >= 0.6 is 35.0 Å². The number of benzene rings is 1. The maximum absolute atomic E-state index is 11.3. The highest BCUT2D eigenvalue weighted by molar-refractivity contribution is 8.17. The summed E-state index contributed by atoms with van der Waals surface area (Å²) in [5.41, 5.74) is 7.21. The minimum atomic E-state index is -0.733. The number of thiazole rings is 1. The number of para-hydroxylation sites is 1. The molecule has 0 fully saturated rings. The van der Waals surface area contributed by atoms with E-state index >= 15 is 0 Å². The Bertz CT molecular complexity index is 780. The molecule has 0 aliphatic carbocycles. The number of hydrogen-bond donors (Lipinski definition) is 2. The standard InChI is InChI=1S/C13H13N4O3S3/c1-7(18)20-8-4-3-5-9-11(8)16-13(22-9,23-17-19-2)10-6-21-12(14)15-10/h3-6,16H,1-2H3,(H2,14,15)/q+1. The third-order valence-corrected chi connectivity index (χ3v) is 5.98. The van der Waals surface area contributed by atoms with Gasteiger partial charge in [0, 0.05) is 17.2 Å². The van der Waals surface area contributed by atoms with E-state index in [9.17, 15) is 4.79 Å². The van der Waals surface area contributed by atoms with Gasteiger partial charge in [-0.25, -0.2) is 4.98 Å². The van der Waals surface area contributed by atoms with Crippen LogP contribution in [0, 0.1) is 4.54 Å². The van der Waals surface area contributed by atoms with Crippen LogP contribution in [0.5, 0.6) is 5.75 Å². The molecule has 1 atom stereocenters. The van der Waals surface area contributed by atoms with E-state index in [1.54, 1.807) is 6.07 Å². The third-order valence-electron chi connectivity index (χ3n) is 2.88. The number of nitrogens with one attached hydrogen (secondary N) is 1. The highest BCUT2D eigenvalue weighted by Crippen LogP contribution is 2.59. The van der Waals surface area contributed by atoms with E-state index in [4.69, 9.17) is 15.0 Å². The van der Waals surface area contributed by atoms with Gasteiger partial charge >= 0.3 is 5.97 Å². The smallest absolute Gasteiger partial charge is 0.308 e. The number of aromatic nitrogens is 1. The second kappa shape index (κ2) is 6.38. The fourth-order valence-electron chi connectivity index (χ4n) is 2.04. The number of thioether (sulfide) groups is 1. The van der Waals surface area contributed by atoms with Gasteiger partial charge in [0.25, 0.3) is 7.11 Å². The van der Waals surface area contributed by atoms with Crippen LogP contribution in [-0.2, 0) is 9.00 Å². The SMILES string of the molecule is C[O+]=NSC1(c2csc(N)n2)Nc2c(OC(C)=O)cccc2S1. The summed E-state index contributed by atoms with van der Waals surface area (Å²) in [5.74, 6) is 0.0837. The van der Waals surface area contributed by atoms with Crippen LogP contribution in [0.1, 0.15) is 12.6 Å². The highest BCUT2D eigenvalue weighted by Gasteiger charge is 2.46. The van der Waals surface area contributed by atoms with Crippen molar-refractivity contribution in [3.05, 3.63) is 33.8 Å². The molecule has 2 aromatic rings. The zero-order valence-corrected chi connectivity index (χ0v) is 14.7. The first-order chi connectivity index (χ1) is 11.0. The normalized spacial score (nSPS) is 19.6. The molecule has 7 nitrogen and oxygen atoms in total. The monoisotopic (exact) mass is 369 g/mol. The molecule has 1 unspecified atom stereocenters. The number of anilines is 2. The van der Waals surface area contributed by atoms with E-state index in [0.717, 1.165) is 16.3 Å². The molecule has 0 amide bonds. The van der Waals surface area contributed by atoms with Crippen molar-refractivity contribution in [2.45, 2.75) is 16.0 Å². The lowest BCUT2D eigenvalue weighted by molar-refractivity contribution is -0.131. The Morgan fingerprint density at radius 1 is 1.57 bits per heavy atom. The molecular formula is C13H13N4O3S3+. The number of rotatable bonds is 4. The van der Waals surface area contributed by atoms with E-state index in [0.29, 0.717) is 10.9 Å². The van der Waals surface area contributed by atoms with Crippen molar-refractivity contribution in [1.29, 1.82) is 0 Å². The first-order valence-corrected chi connectivity index (χ1v) is 8.93. The van der Waals surface area contributed by atoms with Crippen LogP contribution in [0.4, 0.5) is 10.8 Å². The van der Waals surface area contributed by atoms with Crippen molar-refractivity contribution in [2.75, 3.05) is 18.2 Å². The van der Waals surface area contributed by atoms with Crippen LogP contribution in [0.2, 0.25) is 0 Å². The molecule has 2 heterocycles. The Labute approximate surface area is 144 Å². The van der Waals surface area contributed by atoms with Gasteiger partial charge in [0.1, 0.15) is 17.6 Å². The summed E-state index contributed by atoms with van der Waals surface area (Å²) in [6.07, 6.45) is 0. The molecule has 0 radical (unpaired) electrons. The zero-order chi connectivity index (χ0) is 16.4. The van der Waals surface area contributed by atoms with Gasteiger partial charge in [-0.05, 0) is 12.1 Å².